The molecule has 0 aliphatic carbocycles. The zero-order valence-electron chi connectivity index (χ0n) is 12.7. The van der Waals surface area contributed by atoms with Crippen LogP contribution in [0.3, 0.4) is 0 Å². The molecule has 2 N–H and O–H groups in total. The van der Waals surface area contributed by atoms with Crippen molar-refractivity contribution in [1.82, 2.24) is 0 Å². The van der Waals surface area contributed by atoms with E-state index < -0.39 is 33.0 Å². The average molecular weight is 391 g/mol. The topological polar surface area (TPSA) is 95.7 Å². The summed E-state index contributed by atoms with van der Waals surface area (Å²) in [6.07, 6.45) is 1.63. The Morgan fingerprint density at radius 1 is 1.28 bits per heavy atom. The van der Waals surface area contributed by atoms with Crippen molar-refractivity contribution in [3.05, 3.63) is 29.8 Å². The van der Waals surface area contributed by atoms with Gasteiger partial charge in [-0.1, -0.05) is 6.07 Å². The maximum Gasteiger partial charge on any atom is 0.534 e. The van der Waals surface area contributed by atoms with Crippen molar-refractivity contribution in [3.8, 4) is 5.75 Å². The van der Waals surface area contributed by atoms with Crippen LogP contribution in [0.2, 0.25) is 0 Å². The summed E-state index contributed by atoms with van der Waals surface area (Å²) in [7, 11) is -6.00. The average Bonchev–Trinajstić information content (AvgIpc) is 2.90. The SMILES string of the molecule is CC1CCC(C(N)=O)O1.O=S(=O)(Oc1cccc(F)c1F)C(F)(F)F. The van der Waals surface area contributed by atoms with E-state index in [0.29, 0.717) is 12.1 Å². The third kappa shape index (κ3) is 5.81. The summed E-state index contributed by atoms with van der Waals surface area (Å²) in [5.41, 5.74) is -0.707. The number of alkyl halides is 3. The lowest BCUT2D eigenvalue weighted by Gasteiger charge is -2.09. The highest BCUT2D eigenvalue weighted by molar-refractivity contribution is 7.88. The summed E-state index contributed by atoms with van der Waals surface area (Å²) >= 11 is 0. The first-order valence-electron chi connectivity index (χ1n) is 6.74. The van der Waals surface area contributed by atoms with Gasteiger partial charge in [-0.05, 0) is 31.9 Å². The minimum Gasteiger partial charge on any atom is -0.373 e. The van der Waals surface area contributed by atoms with Gasteiger partial charge in [-0.15, -0.1) is 0 Å². The third-order valence-electron chi connectivity index (χ3n) is 2.95. The zero-order valence-corrected chi connectivity index (χ0v) is 13.5. The highest BCUT2D eigenvalue weighted by Gasteiger charge is 2.49. The van der Waals surface area contributed by atoms with E-state index in [1.807, 2.05) is 6.92 Å². The van der Waals surface area contributed by atoms with Gasteiger partial charge in [0.25, 0.3) is 0 Å². The Hall–Kier alpha value is -1.95. The van der Waals surface area contributed by atoms with Crippen molar-refractivity contribution < 1.29 is 44.1 Å². The number of benzene rings is 1. The van der Waals surface area contributed by atoms with Crippen LogP contribution in [0.1, 0.15) is 19.8 Å². The molecule has 142 valence electrons. The Morgan fingerprint density at radius 2 is 1.88 bits per heavy atom. The second kappa shape index (κ2) is 7.95. The number of halogens is 5. The van der Waals surface area contributed by atoms with Crippen LogP contribution >= 0.6 is 0 Å². The van der Waals surface area contributed by atoms with E-state index >= 15 is 0 Å². The molecule has 1 aliphatic heterocycles. The van der Waals surface area contributed by atoms with Crippen LogP contribution in [0.5, 0.6) is 5.75 Å². The highest BCUT2D eigenvalue weighted by Crippen LogP contribution is 2.28. The molecule has 0 spiro atoms. The molecule has 6 nitrogen and oxygen atoms in total. The smallest absolute Gasteiger partial charge is 0.373 e. The van der Waals surface area contributed by atoms with Gasteiger partial charge in [-0.2, -0.15) is 26.0 Å². The maximum absolute atomic E-state index is 12.8. The van der Waals surface area contributed by atoms with Crippen molar-refractivity contribution in [2.24, 2.45) is 5.73 Å². The molecule has 1 heterocycles. The molecule has 0 saturated carbocycles. The largest absolute Gasteiger partial charge is 0.534 e. The number of hydrogen-bond acceptors (Lipinski definition) is 5. The van der Waals surface area contributed by atoms with Crippen LogP contribution < -0.4 is 9.92 Å². The predicted octanol–water partition coefficient (Wildman–Crippen LogP) is 2.23. The first kappa shape index (κ1) is 21.1. The van der Waals surface area contributed by atoms with E-state index in [4.69, 9.17) is 10.5 Å². The van der Waals surface area contributed by atoms with Gasteiger partial charge in [0, 0.05) is 0 Å². The van der Waals surface area contributed by atoms with Crippen molar-refractivity contribution in [3.63, 3.8) is 0 Å². The molecule has 2 unspecified atom stereocenters. The Bertz CT molecular complexity index is 722. The van der Waals surface area contributed by atoms with Crippen molar-refractivity contribution >= 4 is 16.0 Å². The lowest BCUT2D eigenvalue weighted by molar-refractivity contribution is -0.128. The van der Waals surface area contributed by atoms with E-state index in [1.54, 1.807) is 0 Å². The first-order chi connectivity index (χ1) is 11.3. The summed E-state index contributed by atoms with van der Waals surface area (Å²) < 4.78 is 90.2. The molecular weight excluding hydrogens is 377 g/mol. The fraction of sp³-hybridized carbons (Fsp3) is 0.462. The summed E-state index contributed by atoms with van der Waals surface area (Å²) in [5, 5.41) is 0. The Labute approximate surface area is 139 Å². The second-order valence-corrected chi connectivity index (χ2v) is 6.49. The number of carbonyl (C=O) groups excluding carboxylic acids is 1. The summed E-state index contributed by atoms with van der Waals surface area (Å²) in [6.45, 7) is 1.95. The minimum absolute atomic E-state index is 0.211. The summed E-state index contributed by atoms with van der Waals surface area (Å²) in [4.78, 5) is 10.4. The standard InChI is InChI=1S/C7H3F5O3S.C6H11NO2/c8-4-2-1-3-5(6(4)9)15-16(13,14)7(10,11)12;1-4-2-3-5(9-4)6(7)8/h1-3H;4-5H,2-3H2,1H3,(H2,7,8). The Balaban J connectivity index is 0.000000293. The Kier molecular flexibility index (Phi) is 6.71. The minimum atomic E-state index is -6.00. The number of ether oxygens (including phenoxy) is 1. The van der Waals surface area contributed by atoms with Crippen molar-refractivity contribution in [2.45, 2.75) is 37.5 Å². The van der Waals surface area contributed by atoms with Gasteiger partial charge in [-0.3, -0.25) is 4.79 Å². The molecule has 1 saturated heterocycles. The van der Waals surface area contributed by atoms with Crippen LogP contribution in [0.25, 0.3) is 0 Å². The molecule has 1 aliphatic rings. The quantitative estimate of drug-likeness (QED) is 0.484. The molecule has 0 bridgehead atoms. The third-order valence-corrected chi connectivity index (χ3v) is 3.91. The monoisotopic (exact) mass is 391 g/mol. The molecule has 1 aromatic rings. The first-order valence-corrected chi connectivity index (χ1v) is 8.15. The number of amides is 1. The van der Waals surface area contributed by atoms with Gasteiger partial charge in [0.2, 0.25) is 11.7 Å². The molecular formula is C13H14F5NO5S. The maximum atomic E-state index is 12.8. The fourth-order valence-corrected chi connectivity index (χ4v) is 2.19. The van der Waals surface area contributed by atoms with E-state index in [9.17, 15) is 35.2 Å². The lowest BCUT2D eigenvalue weighted by atomic mass is 10.2. The van der Waals surface area contributed by atoms with E-state index in [2.05, 4.69) is 4.18 Å². The van der Waals surface area contributed by atoms with E-state index in [-0.39, 0.29) is 18.1 Å². The van der Waals surface area contributed by atoms with Gasteiger partial charge < -0.3 is 14.7 Å². The van der Waals surface area contributed by atoms with Crippen LogP contribution in [-0.2, 0) is 19.6 Å². The molecule has 0 aromatic heterocycles. The van der Waals surface area contributed by atoms with Crippen LogP contribution in [-0.4, -0.2) is 32.0 Å². The van der Waals surface area contributed by atoms with Gasteiger partial charge in [-0.25, -0.2) is 4.39 Å². The number of rotatable bonds is 3. The van der Waals surface area contributed by atoms with Crippen molar-refractivity contribution in [1.29, 1.82) is 0 Å². The Morgan fingerprint density at radius 3 is 2.28 bits per heavy atom. The lowest BCUT2D eigenvalue weighted by Crippen LogP contribution is -2.28. The van der Waals surface area contributed by atoms with Crippen LogP contribution in [0.4, 0.5) is 22.0 Å². The highest BCUT2D eigenvalue weighted by atomic mass is 32.2. The number of carbonyl (C=O) groups is 1. The predicted molar refractivity (Wildman–Crippen MR) is 74.7 cm³/mol. The van der Waals surface area contributed by atoms with Gasteiger partial charge >= 0.3 is 15.6 Å². The second-order valence-electron chi connectivity index (χ2n) is 4.95. The fourth-order valence-electron chi connectivity index (χ4n) is 1.73. The molecule has 25 heavy (non-hydrogen) atoms. The molecule has 2 atom stereocenters. The van der Waals surface area contributed by atoms with Crippen LogP contribution in [0.15, 0.2) is 18.2 Å². The summed E-state index contributed by atoms with van der Waals surface area (Å²) in [5.74, 6) is -5.01. The van der Waals surface area contributed by atoms with Gasteiger partial charge in [0.15, 0.2) is 11.6 Å². The van der Waals surface area contributed by atoms with E-state index in [1.165, 1.54) is 0 Å². The molecule has 2 rings (SSSR count). The normalized spacial score (nSPS) is 20.6. The summed E-state index contributed by atoms with van der Waals surface area (Å²) in [6, 6.07) is 1.96. The number of nitrogens with two attached hydrogens (primary N) is 1. The van der Waals surface area contributed by atoms with Crippen molar-refractivity contribution in [2.75, 3.05) is 0 Å². The van der Waals surface area contributed by atoms with Gasteiger partial charge in [0.05, 0.1) is 6.10 Å². The number of primary amides is 1. The molecule has 1 fully saturated rings. The zero-order chi connectivity index (χ0) is 19.4. The molecule has 1 amide bonds. The number of hydrogen-bond donors (Lipinski definition) is 1. The van der Waals surface area contributed by atoms with Crippen LogP contribution in [0, 0.1) is 11.6 Å². The van der Waals surface area contributed by atoms with E-state index in [0.717, 1.165) is 18.9 Å². The molecule has 12 heteroatoms. The molecule has 0 radical (unpaired) electrons. The molecule has 1 aromatic carbocycles. The van der Waals surface area contributed by atoms with Gasteiger partial charge in [0.1, 0.15) is 6.10 Å².